The summed E-state index contributed by atoms with van der Waals surface area (Å²) in [7, 11) is -16.4. The smallest absolute Gasteiger partial charge is 0.386 e. The topological polar surface area (TPSA) is 364 Å². The van der Waals surface area contributed by atoms with E-state index in [2.05, 4.69) is 34.4 Å². The third-order valence-electron chi connectivity index (χ3n) is 6.81. The van der Waals surface area contributed by atoms with Gasteiger partial charge in [-0.05, 0) is 0 Å². The summed E-state index contributed by atoms with van der Waals surface area (Å²) in [6.07, 6.45) is -6.88. The number of aromatic nitrogens is 4. The fourth-order valence-electron chi connectivity index (χ4n) is 4.32. The van der Waals surface area contributed by atoms with Gasteiger partial charge < -0.3 is 50.9 Å². The minimum Gasteiger partial charge on any atom is -0.386 e. The van der Waals surface area contributed by atoms with Crippen LogP contribution in [0, 0.1) is 5.41 Å². The molecule has 3 rings (SSSR count). The number of aliphatic hydroxyl groups excluding tert-OH is 2. The van der Waals surface area contributed by atoms with Crippen LogP contribution < -0.4 is 16.4 Å². The van der Waals surface area contributed by atoms with E-state index in [4.69, 9.17) is 19.5 Å². The molecule has 1 saturated heterocycles. The number of anilines is 1. The van der Waals surface area contributed by atoms with Crippen LogP contribution in [-0.2, 0) is 50.7 Å². The molecule has 2 amide bonds. The Morgan fingerprint density at radius 2 is 1.73 bits per heavy atom. The summed E-state index contributed by atoms with van der Waals surface area (Å²) in [5.74, 6) is -1.08. The molecule has 7 atom stereocenters. The molecule has 0 aromatic carbocycles. The molecule has 1 aliphatic heterocycles. The van der Waals surface area contributed by atoms with E-state index in [-0.39, 0.29) is 60.5 Å². The van der Waals surface area contributed by atoms with Crippen LogP contribution in [-0.4, -0.2) is 142 Å². The molecule has 29 heteroatoms. The molecule has 0 saturated carbocycles. The number of thioether (sulfide) groups is 1. The fraction of sp³-hybridized carbons (Fsp3) is 0.652. The Kier molecular flexibility index (Phi) is 17.1. The normalized spacial score (nSPS) is 22.2. The number of phosphoric ester groups is 3. The van der Waals surface area contributed by atoms with E-state index >= 15 is 0 Å². The third-order valence-corrected chi connectivity index (χ3v) is 10.7. The summed E-state index contributed by atoms with van der Waals surface area (Å²) < 4.78 is 61.8. The van der Waals surface area contributed by atoms with Gasteiger partial charge in [-0.15, -0.1) is 0 Å². The van der Waals surface area contributed by atoms with Gasteiger partial charge in [-0.1, -0.05) is 25.6 Å². The van der Waals surface area contributed by atoms with Crippen LogP contribution in [0.1, 0.15) is 33.4 Å². The summed E-state index contributed by atoms with van der Waals surface area (Å²) in [5, 5.41) is 26.1. The molecule has 2 aromatic rings. The van der Waals surface area contributed by atoms with Crippen molar-refractivity contribution in [3.05, 3.63) is 12.7 Å². The summed E-state index contributed by atoms with van der Waals surface area (Å²) in [5.41, 5.74) is 4.26. The van der Waals surface area contributed by atoms with E-state index in [1.807, 2.05) is 0 Å². The van der Waals surface area contributed by atoms with Crippen molar-refractivity contribution in [3.8, 4) is 0 Å². The van der Waals surface area contributed by atoms with E-state index in [0.717, 1.165) is 29.0 Å². The minimum absolute atomic E-state index is 0. The van der Waals surface area contributed by atoms with Crippen molar-refractivity contribution >= 4 is 88.0 Å². The van der Waals surface area contributed by atoms with Gasteiger partial charge in [0.25, 0.3) is 0 Å². The maximum atomic E-state index is 12.6. The number of carbonyl (C=O) groups excluding carboxylic acids is 3. The fourth-order valence-corrected chi connectivity index (χ4v) is 7.65. The van der Waals surface area contributed by atoms with Gasteiger partial charge in [-0.2, -0.15) is 4.31 Å². The number of nitrogen functional groups attached to an aromatic ring is 1. The van der Waals surface area contributed by atoms with Crippen molar-refractivity contribution in [3.63, 3.8) is 0 Å². The first-order valence-corrected chi connectivity index (χ1v) is 20.0. The number of rotatable bonds is 19. The quantitative estimate of drug-likeness (QED) is 0.0433. The first-order chi connectivity index (χ1) is 23.5. The van der Waals surface area contributed by atoms with Gasteiger partial charge in [-0.25, -0.2) is 28.6 Å². The van der Waals surface area contributed by atoms with E-state index in [9.17, 15) is 57.9 Å². The van der Waals surface area contributed by atoms with E-state index in [1.165, 1.54) is 20.8 Å². The van der Waals surface area contributed by atoms with Gasteiger partial charge in [0.1, 0.15) is 36.3 Å². The number of hydrogen-bond donors (Lipinski definition) is 9. The Morgan fingerprint density at radius 1 is 1.08 bits per heavy atom. The Morgan fingerprint density at radius 3 is 2.37 bits per heavy atom. The number of ether oxygens (including phenoxy) is 1. The van der Waals surface area contributed by atoms with Gasteiger partial charge in [-0.3, -0.25) is 32.5 Å². The molecule has 0 spiro atoms. The average Bonchev–Trinajstić information content (AvgIpc) is 3.57. The van der Waals surface area contributed by atoms with Gasteiger partial charge in [0.05, 0.1) is 19.5 Å². The molecule has 2 aromatic heterocycles. The molecule has 52 heavy (non-hydrogen) atoms. The standard InChI is InChI=1S/C23H38N7O17P3S.Li/c1-12(31)51-7-6-25-14(32)4-5-26-21(35)18(34)23(2,3)9-44-50(41,42)47-49(39,40)43-8-13-17(46-48(36,37)38)16(33)22(45-13)30-11-29-15-19(24)27-10-28-20(15)30;/h10-11,13,16-18,22,33-34H,4-9H2,1-3H3,(H,25,32)(H,26,35)(H,39,40)(H,41,42)(H2,24,27,28)(H2,36,37,38);/t13-,16-,17-,18?,22-;/m1./s1. The minimum atomic E-state index is -5.56. The van der Waals surface area contributed by atoms with Crippen molar-refractivity contribution in [1.82, 2.24) is 30.2 Å². The maximum absolute atomic E-state index is 12.6. The van der Waals surface area contributed by atoms with Crippen molar-refractivity contribution in [2.24, 2.45) is 5.41 Å². The van der Waals surface area contributed by atoms with Crippen LogP contribution in [0.15, 0.2) is 12.7 Å². The van der Waals surface area contributed by atoms with Gasteiger partial charge >= 0.3 is 23.5 Å². The first-order valence-electron chi connectivity index (χ1n) is 14.5. The molecule has 1 aliphatic rings. The number of imidazole rings is 1. The van der Waals surface area contributed by atoms with Crippen LogP contribution in [0.2, 0.25) is 0 Å². The zero-order valence-corrected chi connectivity index (χ0v) is 31.6. The predicted octanol–water partition coefficient (Wildman–Crippen LogP) is -1.70. The van der Waals surface area contributed by atoms with E-state index in [1.54, 1.807) is 0 Å². The van der Waals surface area contributed by atoms with Gasteiger partial charge in [0.15, 0.2) is 22.8 Å². The first kappa shape index (κ1) is 46.3. The number of amides is 2. The molecule has 3 unspecified atom stereocenters. The molecular formula is C23H38LiN7O17P3S. The second-order valence-corrected chi connectivity index (χ2v) is 16.9. The molecule has 1 radical (unpaired) electrons. The van der Waals surface area contributed by atoms with Crippen LogP contribution >= 0.6 is 35.2 Å². The van der Waals surface area contributed by atoms with Crippen molar-refractivity contribution in [1.29, 1.82) is 0 Å². The maximum Gasteiger partial charge on any atom is 0.481 e. The molecular weight excluding hydrogens is 778 g/mol. The van der Waals surface area contributed by atoms with Crippen LogP contribution in [0.4, 0.5) is 5.82 Å². The number of aliphatic hydroxyl groups is 2. The van der Waals surface area contributed by atoms with E-state index in [0.29, 0.717) is 5.75 Å². The van der Waals surface area contributed by atoms with Crippen molar-refractivity contribution in [2.45, 2.75) is 57.8 Å². The Hall–Kier alpha value is -1.84. The Bertz CT molecular complexity index is 1720. The van der Waals surface area contributed by atoms with Crippen LogP contribution in [0.25, 0.3) is 11.2 Å². The van der Waals surface area contributed by atoms with Gasteiger partial charge in [0.2, 0.25) is 11.8 Å². The van der Waals surface area contributed by atoms with E-state index < -0.39 is 84.6 Å². The van der Waals surface area contributed by atoms with Gasteiger partial charge in [0, 0.05) is 56.5 Å². The number of phosphoric acid groups is 3. The predicted molar refractivity (Wildman–Crippen MR) is 179 cm³/mol. The molecule has 0 aliphatic carbocycles. The number of hydrogen-bond acceptors (Lipinski definition) is 18. The zero-order chi connectivity index (χ0) is 38.4. The largest absolute Gasteiger partial charge is 0.481 e. The average molecular weight is 817 g/mol. The summed E-state index contributed by atoms with van der Waals surface area (Å²) >= 11 is 1.03. The molecule has 10 N–H and O–H groups in total. The van der Waals surface area contributed by atoms with Crippen molar-refractivity contribution in [2.75, 3.05) is 37.8 Å². The zero-order valence-electron chi connectivity index (χ0n) is 28.1. The monoisotopic (exact) mass is 816 g/mol. The molecule has 24 nitrogen and oxygen atoms in total. The van der Waals surface area contributed by atoms with Crippen LogP contribution in [0.3, 0.4) is 0 Å². The summed E-state index contributed by atoms with van der Waals surface area (Å²) in [6, 6.07) is 0. The molecule has 0 bridgehead atoms. The van der Waals surface area contributed by atoms with Crippen molar-refractivity contribution < 1.29 is 80.5 Å². The Labute approximate surface area is 311 Å². The summed E-state index contributed by atoms with van der Waals surface area (Å²) in [4.78, 5) is 85.9. The van der Waals surface area contributed by atoms with Crippen LogP contribution in [0.5, 0.6) is 0 Å². The Balaban J connectivity index is 0.00000936. The second kappa shape index (κ2) is 19.1. The second-order valence-electron chi connectivity index (χ2n) is 11.4. The molecule has 1 fully saturated rings. The molecule has 3 heterocycles. The number of carbonyl (C=O) groups is 3. The summed E-state index contributed by atoms with van der Waals surface area (Å²) in [6.45, 7) is 1.90. The number of fused-ring (bicyclic) bond motifs is 1. The number of nitrogens with zero attached hydrogens (tertiary/aromatic N) is 4. The number of nitrogens with one attached hydrogen (secondary N) is 2. The molecule has 289 valence electrons. The third kappa shape index (κ3) is 13.8. The number of nitrogens with two attached hydrogens (primary N) is 1. The SMILES string of the molecule is CC(=O)SCCNC(=O)CCNC(=O)C(O)C(C)(C)COP(=O)(O)OP(=O)(O)OC[C@H]1O[C@@H](n2cnc3c(N)ncnc32)[C@H](O)[C@@H]1OP(=O)(O)O.[Li].